The van der Waals surface area contributed by atoms with Crippen molar-refractivity contribution >= 4 is 0 Å². The first-order valence-corrected chi connectivity index (χ1v) is 5.01. The van der Waals surface area contributed by atoms with E-state index in [1.807, 2.05) is 0 Å². The van der Waals surface area contributed by atoms with Crippen molar-refractivity contribution in [2.45, 2.75) is 18.6 Å². The highest BCUT2D eigenvalue weighted by molar-refractivity contribution is 5.32. The van der Waals surface area contributed by atoms with E-state index < -0.39 is 23.8 Å². The second kappa shape index (κ2) is 5.90. The number of methoxy groups -OCH3 is 1. The van der Waals surface area contributed by atoms with Gasteiger partial charge >= 0.3 is 0 Å². The van der Waals surface area contributed by atoms with Gasteiger partial charge in [0, 0.05) is 12.2 Å². The Hall–Kier alpha value is -1.24. The fraction of sp³-hybridized carbons (Fsp3) is 0.455. The molecule has 0 aliphatic carbocycles. The van der Waals surface area contributed by atoms with Crippen LogP contribution in [0.5, 0.6) is 5.75 Å². The van der Waals surface area contributed by atoms with E-state index in [1.54, 1.807) is 0 Å². The topological polar surface area (TPSA) is 69.9 Å². The van der Waals surface area contributed by atoms with E-state index in [1.165, 1.54) is 7.11 Å². The third-order valence-electron chi connectivity index (χ3n) is 2.40. The Bertz CT molecular complexity index is 384. The summed E-state index contributed by atoms with van der Waals surface area (Å²) in [6.07, 6.45) is -3.08. The molecule has 0 saturated heterocycles. The van der Waals surface area contributed by atoms with Crippen LogP contribution in [0.15, 0.2) is 12.1 Å². The van der Waals surface area contributed by atoms with Crippen molar-refractivity contribution in [1.29, 1.82) is 0 Å². The van der Waals surface area contributed by atoms with Crippen molar-refractivity contribution in [3.8, 4) is 5.75 Å². The molecule has 1 aromatic carbocycles. The van der Waals surface area contributed by atoms with Crippen molar-refractivity contribution in [3.05, 3.63) is 29.3 Å². The molecule has 17 heavy (non-hydrogen) atoms. The molecular formula is C11H14F2O4. The SMILES string of the molecule is COc1ccc(C(O)C(O)CCO)c(F)c1F. The van der Waals surface area contributed by atoms with Gasteiger partial charge in [0.2, 0.25) is 5.82 Å². The molecule has 1 aromatic rings. The lowest BCUT2D eigenvalue weighted by Crippen LogP contribution is -2.21. The van der Waals surface area contributed by atoms with Gasteiger partial charge in [-0.05, 0) is 18.6 Å². The summed E-state index contributed by atoms with van der Waals surface area (Å²) in [5.74, 6) is -2.77. The van der Waals surface area contributed by atoms with Gasteiger partial charge in [-0.2, -0.15) is 4.39 Å². The van der Waals surface area contributed by atoms with Crippen LogP contribution in [-0.4, -0.2) is 35.1 Å². The Kier molecular flexibility index (Phi) is 4.80. The smallest absolute Gasteiger partial charge is 0.200 e. The molecule has 0 aliphatic rings. The number of halogens is 2. The highest BCUT2D eigenvalue weighted by Gasteiger charge is 2.24. The number of aliphatic hydroxyl groups excluding tert-OH is 3. The van der Waals surface area contributed by atoms with Crippen LogP contribution in [-0.2, 0) is 0 Å². The fourth-order valence-corrected chi connectivity index (χ4v) is 1.43. The first-order valence-electron chi connectivity index (χ1n) is 5.01. The highest BCUT2D eigenvalue weighted by Crippen LogP contribution is 2.28. The van der Waals surface area contributed by atoms with E-state index in [4.69, 9.17) is 5.11 Å². The van der Waals surface area contributed by atoms with Crippen LogP contribution in [0, 0.1) is 11.6 Å². The molecule has 0 radical (unpaired) electrons. The zero-order chi connectivity index (χ0) is 13.0. The Labute approximate surface area is 97.1 Å². The summed E-state index contributed by atoms with van der Waals surface area (Å²) in [6, 6.07) is 2.28. The Morgan fingerprint density at radius 2 is 1.88 bits per heavy atom. The first-order chi connectivity index (χ1) is 8.02. The highest BCUT2D eigenvalue weighted by atomic mass is 19.2. The van der Waals surface area contributed by atoms with Crippen LogP contribution >= 0.6 is 0 Å². The molecule has 2 atom stereocenters. The zero-order valence-corrected chi connectivity index (χ0v) is 9.23. The molecule has 1 rings (SSSR count). The molecule has 4 nitrogen and oxygen atoms in total. The molecule has 0 heterocycles. The maximum Gasteiger partial charge on any atom is 0.200 e. The summed E-state index contributed by atoms with van der Waals surface area (Å²) in [5.41, 5.74) is -0.371. The van der Waals surface area contributed by atoms with Gasteiger partial charge in [-0.3, -0.25) is 0 Å². The minimum atomic E-state index is -1.59. The molecule has 0 fully saturated rings. The molecule has 0 amide bonds. The Morgan fingerprint density at radius 3 is 2.41 bits per heavy atom. The van der Waals surface area contributed by atoms with Crippen molar-refractivity contribution in [1.82, 2.24) is 0 Å². The van der Waals surface area contributed by atoms with Crippen LogP contribution in [0.4, 0.5) is 8.78 Å². The van der Waals surface area contributed by atoms with Gasteiger partial charge in [0.1, 0.15) is 6.10 Å². The fourth-order valence-electron chi connectivity index (χ4n) is 1.43. The molecule has 3 N–H and O–H groups in total. The molecule has 0 bridgehead atoms. The summed E-state index contributed by atoms with van der Waals surface area (Å²) < 4.78 is 31.4. The van der Waals surface area contributed by atoms with Crippen LogP contribution in [0.2, 0.25) is 0 Å². The summed E-state index contributed by atoms with van der Waals surface area (Å²) >= 11 is 0. The molecule has 0 aromatic heterocycles. The number of benzene rings is 1. The number of rotatable bonds is 5. The quantitative estimate of drug-likeness (QED) is 0.719. The maximum atomic E-state index is 13.5. The van der Waals surface area contributed by atoms with E-state index in [0.29, 0.717) is 0 Å². The monoisotopic (exact) mass is 248 g/mol. The lowest BCUT2D eigenvalue weighted by atomic mass is 10.0. The number of hydrogen-bond donors (Lipinski definition) is 3. The average molecular weight is 248 g/mol. The van der Waals surface area contributed by atoms with Crippen LogP contribution in [0.3, 0.4) is 0 Å². The van der Waals surface area contributed by atoms with Crippen molar-refractivity contribution in [2.75, 3.05) is 13.7 Å². The Balaban J connectivity index is 3.03. The number of aliphatic hydroxyl groups is 3. The number of hydrogen-bond acceptors (Lipinski definition) is 4. The largest absolute Gasteiger partial charge is 0.494 e. The molecule has 0 aliphatic heterocycles. The van der Waals surface area contributed by atoms with Gasteiger partial charge in [0.15, 0.2) is 11.6 Å². The Morgan fingerprint density at radius 1 is 1.24 bits per heavy atom. The molecule has 0 spiro atoms. The van der Waals surface area contributed by atoms with Gasteiger partial charge < -0.3 is 20.1 Å². The van der Waals surface area contributed by atoms with E-state index in [-0.39, 0.29) is 24.3 Å². The van der Waals surface area contributed by atoms with Gasteiger partial charge in [-0.1, -0.05) is 0 Å². The minimum absolute atomic E-state index is 0.131. The second-order valence-electron chi connectivity index (χ2n) is 3.51. The van der Waals surface area contributed by atoms with Crippen LogP contribution < -0.4 is 4.74 Å². The van der Waals surface area contributed by atoms with Crippen LogP contribution in [0.1, 0.15) is 18.1 Å². The van der Waals surface area contributed by atoms with Gasteiger partial charge in [0.05, 0.1) is 13.2 Å². The van der Waals surface area contributed by atoms with Crippen molar-refractivity contribution < 1.29 is 28.8 Å². The average Bonchev–Trinajstić information content (AvgIpc) is 2.32. The van der Waals surface area contributed by atoms with E-state index in [9.17, 15) is 19.0 Å². The standard InChI is InChI=1S/C11H14F2O4/c1-17-8-3-2-6(9(12)10(8)13)11(16)7(15)4-5-14/h2-3,7,11,14-16H,4-5H2,1H3. The lowest BCUT2D eigenvalue weighted by Gasteiger charge is -2.18. The third-order valence-corrected chi connectivity index (χ3v) is 2.40. The predicted molar refractivity (Wildman–Crippen MR) is 55.6 cm³/mol. The van der Waals surface area contributed by atoms with E-state index in [0.717, 1.165) is 12.1 Å². The minimum Gasteiger partial charge on any atom is -0.494 e. The predicted octanol–water partition coefficient (Wildman–Crippen LogP) is 0.750. The third kappa shape index (κ3) is 2.91. The lowest BCUT2D eigenvalue weighted by molar-refractivity contribution is 0.00199. The zero-order valence-electron chi connectivity index (χ0n) is 9.23. The summed E-state index contributed by atoms with van der Waals surface area (Å²) in [6.45, 7) is -0.363. The maximum absolute atomic E-state index is 13.5. The summed E-state index contributed by atoms with van der Waals surface area (Å²) in [5, 5.41) is 27.5. The summed E-state index contributed by atoms with van der Waals surface area (Å²) in [7, 11) is 1.19. The normalized spacial score (nSPS) is 14.5. The molecule has 96 valence electrons. The molecule has 6 heteroatoms. The van der Waals surface area contributed by atoms with Gasteiger partial charge in [-0.15, -0.1) is 0 Å². The van der Waals surface area contributed by atoms with Crippen LogP contribution in [0.25, 0.3) is 0 Å². The van der Waals surface area contributed by atoms with Gasteiger partial charge in [0.25, 0.3) is 0 Å². The van der Waals surface area contributed by atoms with Crippen molar-refractivity contribution in [2.24, 2.45) is 0 Å². The number of ether oxygens (including phenoxy) is 1. The molecular weight excluding hydrogens is 234 g/mol. The van der Waals surface area contributed by atoms with Gasteiger partial charge in [-0.25, -0.2) is 4.39 Å². The second-order valence-corrected chi connectivity index (χ2v) is 3.51. The molecule has 0 saturated carbocycles. The first kappa shape index (κ1) is 13.8. The molecule has 2 unspecified atom stereocenters. The van der Waals surface area contributed by atoms with E-state index >= 15 is 0 Å². The van der Waals surface area contributed by atoms with E-state index in [2.05, 4.69) is 4.74 Å². The summed E-state index contributed by atoms with van der Waals surface area (Å²) in [4.78, 5) is 0. The van der Waals surface area contributed by atoms with Crippen molar-refractivity contribution in [3.63, 3.8) is 0 Å².